The molecule has 0 bridgehead atoms. The van der Waals surface area contributed by atoms with E-state index in [-0.39, 0.29) is 11.3 Å². The Kier molecular flexibility index (Phi) is 4.63. The molecule has 2 aromatic carbocycles. The van der Waals surface area contributed by atoms with Gasteiger partial charge in [-0.25, -0.2) is 0 Å². The Hall–Kier alpha value is -2.73. The molecule has 1 heterocycles. The average molecular weight is 369 g/mol. The Morgan fingerprint density at radius 2 is 1.70 bits per heavy atom. The molecule has 6 heteroatoms. The molecule has 0 saturated carbocycles. The Morgan fingerprint density at radius 3 is 2.39 bits per heavy atom. The molecule has 2 N–H and O–H groups in total. The molecule has 0 aliphatic carbocycles. The molecule has 0 aliphatic rings. The van der Waals surface area contributed by atoms with Gasteiger partial charge in [-0.3, -0.25) is 9.78 Å². The van der Waals surface area contributed by atoms with Crippen LogP contribution in [0.2, 0.25) is 0 Å². The van der Waals surface area contributed by atoms with Crippen LogP contribution < -0.4 is 10.9 Å². The predicted molar refractivity (Wildman–Crippen MR) is 95.4 cm³/mol. The SMILES string of the molecule is O=c1[nH]c(Nc2ccc(Br)cc2)nnc1/C=C/c1ccccc1. The Bertz CT molecular complexity index is 873. The van der Waals surface area contributed by atoms with Gasteiger partial charge in [0.25, 0.3) is 5.56 Å². The van der Waals surface area contributed by atoms with Crippen molar-refractivity contribution in [2.24, 2.45) is 0 Å². The fraction of sp³-hybridized carbons (Fsp3) is 0. The number of H-pyrrole nitrogens is 1. The average Bonchev–Trinajstić information content (AvgIpc) is 2.57. The Balaban J connectivity index is 1.77. The van der Waals surface area contributed by atoms with Crippen molar-refractivity contribution in [3.8, 4) is 0 Å². The number of anilines is 2. The van der Waals surface area contributed by atoms with Crippen molar-refractivity contribution in [2.75, 3.05) is 5.32 Å². The first kappa shape index (κ1) is 15.2. The summed E-state index contributed by atoms with van der Waals surface area (Å²) in [5, 5.41) is 10.9. The molecule has 114 valence electrons. The fourth-order valence-electron chi connectivity index (χ4n) is 1.92. The first-order chi connectivity index (χ1) is 11.2. The lowest BCUT2D eigenvalue weighted by Gasteiger charge is -2.04. The highest BCUT2D eigenvalue weighted by Gasteiger charge is 2.02. The van der Waals surface area contributed by atoms with E-state index in [0.29, 0.717) is 5.95 Å². The summed E-state index contributed by atoms with van der Waals surface area (Å²) >= 11 is 3.37. The number of hydrogen-bond acceptors (Lipinski definition) is 4. The van der Waals surface area contributed by atoms with Gasteiger partial charge in [-0.15, -0.1) is 10.2 Å². The molecule has 5 nitrogen and oxygen atoms in total. The summed E-state index contributed by atoms with van der Waals surface area (Å²) in [6.07, 6.45) is 3.46. The van der Waals surface area contributed by atoms with Crippen molar-refractivity contribution in [3.63, 3.8) is 0 Å². The zero-order chi connectivity index (χ0) is 16.1. The summed E-state index contributed by atoms with van der Waals surface area (Å²) in [5.74, 6) is 0.300. The summed E-state index contributed by atoms with van der Waals surface area (Å²) in [5.41, 5.74) is 1.76. The Labute approximate surface area is 141 Å². The zero-order valence-electron chi connectivity index (χ0n) is 12.0. The first-order valence-corrected chi connectivity index (χ1v) is 7.73. The largest absolute Gasteiger partial charge is 0.324 e. The van der Waals surface area contributed by atoms with E-state index in [1.54, 1.807) is 6.08 Å². The topological polar surface area (TPSA) is 70.7 Å². The van der Waals surface area contributed by atoms with Crippen molar-refractivity contribution >= 4 is 39.7 Å². The van der Waals surface area contributed by atoms with Gasteiger partial charge < -0.3 is 5.32 Å². The standard InChI is InChI=1S/C17H13BrN4O/c18-13-7-9-14(10-8-13)19-17-20-16(23)15(21-22-17)11-6-12-4-2-1-3-5-12/h1-11H,(H2,19,20,22,23)/b11-6+. The van der Waals surface area contributed by atoms with Crippen LogP contribution in [0.5, 0.6) is 0 Å². The van der Waals surface area contributed by atoms with Gasteiger partial charge in [-0.1, -0.05) is 52.3 Å². The number of nitrogens with one attached hydrogen (secondary N) is 2. The smallest absolute Gasteiger partial charge is 0.278 e. The minimum atomic E-state index is -0.299. The van der Waals surface area contributed by atoms with Gasteiger partial charge in [0.2, 0.25) is 5.95 Å². The number of aromatic amines is 1. The van der Waals surface area contributed by atoms with Crippen LogP contribution in [0.25, 0.3) is 12.2 Å². The number of rotatable bonds is 4. The number of halogens is 1. The number of aromatic nitrogens is 3. The van der Waals surface area contributed by atoms with Crippen LogP contribution in [-0.4, -0.2) is 15.2 Å². The first-order valence-electron chi connectivity index (χ1n) is 6.93. The molecule has 0 saturated heterocycles. The van der Waals surface area contributed by atoms with E-state index in [2.05, 4.69) is 36.4 Å². The second kappa shape index (κ2) is 7.02. The minimum absolute atomic E-state index is 0.259. The minimum Gasteiger partial charge on any atom is -0.324 e. The maximum Gasteiger partial charge on any atom is 0.278 e. The van der Waals surface area contributed by atoms with Crippen LogP contribution in [0.1, 0.15) is 11.3 Å². The van der Waals surface area contributed by atoms with Crippen LogP contribution >= 0.6 is 15.9 Å². The van der Waals surface area contributed by atoms with Crippen molar-refractivity contribution in [2.45, 2.75) is 0 Å². The van der Waals surface area contributed by atoms with Crippen LogP contribution in [0, 0.1) is 0 Å². The summed E-state index contributed by atoms with van der Waals surface area (Å²) in [7, 11) is 0. The molecule has 3 aromatic rings. The lowest BCUT2D eigenvalue weighted by atomic mass is 10.2. The van der Waals surface area contributed by atoms with Gasteiger partial charge in [0.05, 0.1) is 0 Å². The second-order valence-corrected chi connectivity index (χ2v) is 5.68. The van der Waals surface area contributed by atoms with Gasteiger partial charge in [0.15, 0.2) is 5.69 Å². The molecule has 0 amide bonds. The summed E-state index contributed by atoms with van der Waals surface area (Å²) in [6.45, 7) is 0. The predicted octanol–water partition coefficient (Wildman–Crippen LogP) is 3.84. The highest BCUT2D eigenvalue weighted by atomic mass is 79.9. The van der Waals surface area contributed by atoms with E-state index < -0.39 is 0 Å². The van der Waals surface area contributed by atoms with Gasteiger partial charge >= 0.3 is 0 Å². The van der Waals surface area contributed by atoms with E-state index in [0.717, 1.165) is 15.7 Å². The van der Waals surface area contributed by atoms with E-state index in [1.807, 2.05) is 60.7 Å². The third-order valence-corrected chi connectivity index (χ3v) is 3.59. The van der Waals surface area contributed by atoms with E-state index in [1.165, 1.54) is 0 Å². The van der Waals surface area contributed by atoms with Crippen LogP contribution in [-0.2, 0) is 0 Å². The molecule has 0 atom stereocenters. The lowest BCUT2D eigenvalue weighted by Crippen LogP contribution is -2.15. The van der Waals surface area contributed by atoms with Crippen molar-refractivity contribution in [1.82, 2.24) is 15.2 Å². The fourth-order valence-corrected chi connectivity index (χ4v) is 2.18. The lowest BCUT2D eigenvalue weighted by molar-refractivity contribution is 0.941. The quantitative estimate of drug-likeness (QED) is 0.733. The van der Waals surface area contributed by atoms with E-state index >= 15 is 0 Å². The molecule has 0 fully saturated rings. The third kappa shape index (κ3) is 4.14. The Morgan fingerprint density at radius 1 is 0.957 bits per heavy atom. The van der Waals surface area contributed by atoms with Crippen LogP contribution in [0.3, 0.4) is 0 Å². The summed E-state index contributed by atoms with van der Waals surface area (Å²) < 4.78 is 0.976. The highest BCUT2D eigenvalue weighted by Crippen LogP contribution is 2.16. The van der Waals surface area contributed by atoms with Crippen LogP contribution in [0.15, 0.2) is 63.9 Å². The van der Waals surface area contributed by atoms with Crippen molar-refractivity contribution in [3.05, 3.63) is 80.7 Å². The summed E-state index contributed by atoms with van der Waals surface area (Å²) in [6, 6.07) is 17.2. The molecule has 0 radical (unpaired) electrons. The normalized spacial score (nSPS) is 10.8. The molecule has 0 unspecified atom stereocenters. The molecular formula is C17H13BrN4O. The number of benzene rings is 2. The van der Waals surface area contributed by atoms with Crippen molar-refractivity contribution in [1.29, 1.82) is 0 Å². The van der Waals surface area contributed by atoms with Crippen LogP contribution in [0.4, 0.5) is 11.6 Å². The summed E-state index contributed by atoms with van der Waals surface area (Å²) in [4.78, 5) is 14.7. The van der Waals surface area contributed by atoms with E-state index in [4.69, 9.17) is 0 Å². The molecular weight excluding hydrogens is 356 g/mol. The molecule has 0 aliphatic heterocycles. The second-order valence-electron chi connectivity index (χ2n) is 4.76. The van der Waals surface area contributed by atoms with Gasteiger partial charge in [-0.2, -0.15) is 0 Å². The van der Waals surface area contributed by atoms with Gasteiger partial charge in [0, 0.05) is 10.2 Å². The number of hydrogen-bond donors (Lipinski definition) is 2. The zero-order valence-corrected chi connectivity index (χ0v) is 13.6. The maximum atomic E-state index is 12.0. The highest BCUT2D eigenvalue weighted by molar-refractivity contribution is 9.10. The molecule has 3 rings (SSSR count). The van der Waals surface area contributed by atoms with E-state index in [9.17, 15) is 4.79 Å². The van der Waals surface area contributed by atoms with Gasteiger partial charge in [0.1, 0.15) is 0 Å². The molecule has 1 aromatic heterocycles. The maximum absolute atomic E-state index is 12.0. The monoisotopic (exact) mass is 368 g/mol. The molecule has 0 spiro atoms. The van der Waals surface area contributed by atoms with Crippen molar-refractivity contribution < 1.29 is 0 Å². The van der Waals surface area contributed by atoms with Gasteiger partial charge in [-0.05, 0) is 35.9 Å². The number of nitrogens with zero attached hydrogens (tertiary/aromatic N) is 2. The molecule has 23 heavy (non-hydrogen) atoms. The third-order valence-electron chi connectivity index (χ3n) is 3.06.